The maximum absolute atomic E-state index is 13.6. The number of nitrogens with zero attached hydrogens (tertiary/aromatic N) is 4. The van der Waals surface area contributed by atoms with Gasteiger partial charge in [0, 0.05) is 0 Å². The second kappa shape index (κ2) is 11.6. The molecule has 4 aromatic heterocycles. The largest absolute Gasteiger partial charge is 0.425 e. The Bertz CT molecular complexity index is 2280. The van der Waals surface area contributed by atoms with E-state index in [1.165, 1.54) is 36.4 Å². The number of rotatable bonds is 6. The molecule has 3 aromatic carbocycles. The lowest BCUT2D eigenvalue weighted by atomic mass is 10.2. The quantitative estimate of drug-likeness (QED) is 0.161. The zero-order valence-corrected chi connectivity index (χ0v) is 25.4. The van der Waals surface area contributed by atoms with Crippen molar-refractivity contribution in [3.05, 3.63) is 128 Å². The van der Waals surface area contributed by atoms with E-state index in [1.807, 2.05) is 0 Å². The fraction of sp³-hybridized carbons (Fsp3) is 0.0625. The molecule has 0 amide bonds. The Morgan fingerprint density at radius 1 is 0.562 bits per heavy atom. The van der Waals surface area contributed by atoms with Gasteiger partial charge in [-0.3, -0.25) is 9.59 Å². The molecule has 0 spiro atoms. The van der Waals surface area contributed by atoms with Gasteiger partial charge in [-0.1, -0.05) is 12.1 Å². The Morgan fingerprint density at radius 2 is 0.958 bits per heavy atom. The van der Waals surface area contributed by atoms with Crippen molar-refractivity contribution in [3.63, 3.8) is 0 Å². The van der Waals surface area contributed by atoms with E-state index in [0.717, 1.165) is 68.2 Å². The summed E-state index contributed by atoms with van der Waals surface area (Å²) >= 11 is 2.23. The van der Waals surface area contributed by atoms with Crippen LogP contribution in [0.5, 0.6) is 23.5 Å². The van der Waals surface area contributed by atoms with E-state index < -0.39 is 34.6 Å². The molecule has 0 saturated heterocycles. The van der Waals surface area contributed by atoms with Crippen molar-refractivity contribution in [1.82, 2.24) is 19.1 Å². The highest BCUT2D eigenvalue weighted by molar-refractivity contribution is 7.17. The Hall–Kier alpha value is -5.48. The number of benzene rings is 3. The van der Waals surface area contributed by atoms with Crippen LogP contribution in [0.2, 0.25) is 0 Å². The molecule has 0 atom stereocenters. The van der Waals surface area contributed by atoms with Crippen LogP contribution < -0.4 is 20.6 Å². The van der Waals surface area contributed by atoms with Crippen molar-refractivity contribution in [3.8, 4) is 34.9 Å². The molecule has 0 radical (unpaired) electrons. The summed E-state index contributed by atoms with van der Waals surface area (Å²) in [4.78, 5) is 36.0. The van der Waals surface area contributed by atoms with Crippen LogP contribution in [-0.4, -0.2) is 19.1 Å². The molecule has 8 nitrogen and oxygen atoms in total. The third kappa shape index (κ3) is 5.79. The average Bonchev–Trinajstić information content (AvgIpc) is 3.72. The maximum Gasteiger partial charge on any atom is 0.416 e. The summed E-state index contributed by atoms with van der Waals surface area (Å²) in [5, 5.41) is 3.26. The summed E-state index contributed by atoms with van der Waals surface area (Å²) in [7, 11) is 0. The number of hydrogen-bond acceptors (Lipinski definition) is 8. The minimum absolute atomic E-state index is 0.187. The first-order valence-corrected chi connectivity index (χ1v) is 15.4. The zero-order valence-electron chi connectivity index (χ0n) is 23.7. The second-order valence-corrected chi connectivity index (χ2v) is 11.9. The molecule has 0 N–H and O–H groups in total. The van der Waals surface area contributed by atoms with E-state index in [1.54, 1.807) is 22.9 Å². The van der Waals surface area contributed by atoms with Crippen LogP contribution in [0.25, 0.3) is 31.8 Å². The number of ether oxygens (including phenoxy) is 2. The van der Waals surface area contributed by atoms with Crippen molar-refractivity contribution in [2.75, 3.05) is 0 Å². The fourth-order valence-corrected chi connectivity index (χ4v) is 6.33. The Labute approximate surface area is 272 Å². The summed E-state index contributed by atoms with van der Waals surface area (Å²) in [6.07, 6.45) is -9.27. The number of hydrogen-bond donors (Lipinski definition) is 0. The molecule has 16 heteroatoms. The zero-order chi connectivity index (χ0) is 33.8. The molecule has 0 fully saturated rings. The Morgan fingerprint density at radius 3 is 1.33 bits per heavy atom. The van der Waals surface area contributed by atoms with Gasteiger partial charge in [0.25, 0.3) is 11.1 Å². The maximum atomic E-state index is 13.6. The molecule has 7 aromatic rings. The molecule has 0 saturated carbocycles. The number of alkyl halides is 6. The Balaban J connectivity index is 1.32. The van der Waals surface area contributed by atoms with Crippen molar-refractivity contribution >= 4 is 43.1 Å². The highest BCUT2D eigenvalue weighted by Crippen LogP contribution is 2.35. The molecular formula is C32H16F6N4O4S2. The molecule has 0 aliphatic carbocycles. The lowest BCUT2D eigenvalue weighted by Crippen LogP contribution is -2.22. The smallest absolute Gasteiger partial charge is 0.416 e. The van der Waals surface area contributed by atoms with Crippen LogP contribution in [-0.2, 0) is 12.4 Å². The minimum atomic E-state index is -4.64. The standard InChI is InChI=1S/C32H16F6N4O4S2/c33-31(34,35)17-3-1-5-21(15-17)45-29-39-23-11-13-47-25(23)27(43)41(29)19-7-9-20(10-8-19)42-28(44)26-24(12-14-48-26)40-30(42)46-22-6-2-4-18(16-22)32(36,37)38/h1-16H. The molecule has 0 aliphatic heterocycles. The highest BCUT2D eigenvalue weighted by Gasteiger charge is 2.32. The van der Waals surface area contributed by atoms with E-state index in [4.69, 9.17) is 9.47 Å². The topological polar surface area (TPSA) is 88.2 Å². The van der Waals surface area contributed by atoms with Gasteiger partial charge in [0.1, 0.15) is 20.9 Å². The van der Waals surface area contributed by atoms with E-state index in [-0.39, 0.29) is 55.3 Å². The summed E-state index contributed by atoms with van der Waals surface area (Å²) < 4.78 is 94.3. The van der Waals surface area contributed by atoms with E-state index in [9.17, 15) is 35.9 Å². The number of halogens is 6. The van der Waals surface area contributed by atoms with Crippen LogP contribution in [0.3, 0.4) is 0 Å². The number of thiophene rings is 2. The van der Waals surface area contributed by atoms with Gasteiger partial charge in [-0.25, -0.2) is 9.13 Å². The van der Waals surface area contributed by atoms with Gasteiger partial charge in [-0.2, -0.15) is 36.3 Å². The summed E-state index contributed by atoms with van der Waals surface area (Å²) in [6.45, 7) is 0. The first-order valence-electron chi connectivity index (χ1n) is 13.7. The van der Waals surface area contributed by atoms with Crippen LogP contribution in [0, 0.1) is 0 Å². The fourth-order valence-electron chi connectivity index (χ4n) is 4.81. The monoisotopic (exact) mass is 698 g/mol. The lowest BCUT2D eigenvalue weighted by molar-refractivity contribution is -0.138. The third-order valence-electron chi connectivity index (χ3n) is 7.01. The van der Waals surface area contributed by atoms with Crippen LogP contribution in [0.1, 0.15) is 11.1 Å². The van der Waals surface area contributed by atoms with Gasteiger partial charge in [-0.15, -0.1) is 22.7 Å². The molecule has 48 heavy (non-hydrogen) atoms. The number of aromatic nitrogens is 4. The molecule has 242 valence electrons. The first-order chi connectivity index (χ1) is 22.9. The summed E-state index contributed by atoms with van der Waals surface area (Å²) in [5.41, 5.74) is -2.11. The molecule has 0 bridgehead atoms. The molecule has 7 rings (SSSR count). The van der Waals surface area contributed by atoms with E-state index in [2.05, 4.69) is 9.97 Å². The van der Waals surface area contributed by atoms with Gasteiger partial charge in [0.05, 0.1) is 33.5 Å². The van der Waals surface area contributed by atoms with Crippen molar-refractivity contribution < 1.29 is 35.8 Å². The van der Waals surface area contributed by atoms with Gasteiger partial charge >= 0.3 is 24.4 Å². The van der Waals surface area contributed by atoms with Crippen LogP contribution >= 0.6 is 22.7 Å². The van der Waals surface area contributed by atoms with Crippen molar-refractivity contribution in [1.29, 1.82) is 0 Å². The van der Waals surface area contributed by atoms with Crippen LogP contribution in [0.4, 0.5) is 26.3 Å². The lowest BCUT2D eigenvalue weighted by Gasteiger charge is -2.16. The molecule has 4 heterocycles. The highest BCUT2D eigenvalue weighted by atomic mass is 32.1. The SMILES string of the molecule is O=c1c2sccc2nc(Oc2cccc(C(F)(F)F)c2)n1-c1ccc(-n2c(Oc3cccc(C(F)(F)F)c3)nc3ccsc3c2=O)cc1. The van der Waals surface area contributed by atoms with Gasteiger partial charge in [-0.05, 0) is 83.6 Å². The third-order valence-corrected chi connectivity index (χ3v) is 8.79. The average molecular weight is 699 g/mol. The van der Waals surface area contributed by atoms with Crippen LogP contribution in [0.15, 0.2) is 105 Å². The summed E-state index contributed by atoms with van der Waals surface area (Å²) in [6, 6.07) is 16.5. The predicted molar refractivity (Wildman–Crippen MR) is 167 cm³/mol. The van der Waals surface area contributed by atoms with Crippen molar-refractivity contribution in [2.45, 2.75) is 12.4 Å². The molecule has 0 aliphatic rings. The summed E-state index contributed by atoms with van der Waals surface area (Å²) in [5.74, 6) is -0.426. The normalized spacial score (nSPS) is 12.1. The first kappa shape index (κ1) is 31.1. The van der Waals surface area contributed by atoms with E-state index in [0.29, 0.717) is 0 Å². The Kier molecular flexibility index (Phi) is 7.55. The van der Waals surface area contributed by atoms with Gasteiger partial charge in [0.15, 0.2) is 0 Å². The molecular weight excluding hydrogens is 682 g/mol. The van der Waals surface area contributed by atoms with Gasteiger partial charge < -0.3 is 9.47 Å². The second-order valence-electron chi connectivity index (χ2n) is 10.1. The predicted octanol–water partition coefficient (Wildman–Crippen LogP) is 8.83. The van der Waals surface area contributed by atoms with Crippen molar-refractivity contribution in [2.24, 2.45) is 0 Å². The number of fused-ring (bicyclic) bond motifs is 2. The van der Waals surface area contributed by atoms with E-state index >= 15 is 0 Å². The van der Waals surface area contributed by atoms with Gasteiger partial charge in [0.2, 0.25) is 0 Å². The minimum Gasteiger partial charge on any atom is -0.425 e. The molecule has 0 unspecified atom stereocenters.